The molecule has 194 valence electrons. The zero-order valence-corrected chi connectivity index (χ0v) is 21.2. The maximum absolute atomic E-state index is 13.1. The summed E-state index contributed by atoms with van der Waals surface area (Å²) in [5.41, 5.74) is 6.07. The fourth-order valence-corrected chi connectivity index (χ4v) is 5.77. The van der Waals surface area contributed by atoms with E-state index >= 15 is 0 Å². The molecule has 0 saturated carbocycles. The Balaban J connectivity index is 1.57. The molecule has 4 rings (SSSR count). The van der Waals surface area contributed by atoms with E-state index in [9.17, 15) is 24.3 Å². The summed E-state index contributed by atoms with van der Waals surface area (Å²) in [5.74, 6) is -2.68. The largest absolute Gasteiger partial charge is 0.543 e. The molecular formula is C21H22N8O6S2. The van der Waals surface area contributed by atoms with E-state index in [1.165, 1.54) is 11.8 Å². The highest BCUT2D eigenvalue weighted by molar-refractivity contribution is 8.00. The first-order valence-electron chi connectivity index (χ1n) is 11.0. The van der Waals surface area contributed by atoms with Crippen LogP contribution in [0.25, 0.3) is 0 Å². The minimum absolute atomic E-state index is 0.0527. The summed E-state index contributed by atoms with van der Waals surface area (Å²) in [5, 5.41) is 20.5. The third kappa shape index (κ3) is 5.10. The van der Waals surface area contributed by atoms with Gasteiger partial charge in [-0.1, -0.05) is 5.16 Å². The van der Waals surface area contributed by atoms with Crippen LogP contribution in [0.1, 0.15) is 25.7 Å². The number of fused-ring (bicyclic) bond motifs is 1. The molecule has 0 radical (unpaired) electrons. The predicted octanol–water partition coefficient (Wildman–Crippen LogP) is -1.62. The van der Waals surface area contributed by atoms with Gasteiger partial charge >= 0.3 is 0 Å². The molecule has 0 aromatic carbocycles. The van der Waals surface area contributed by atoms with Gasteiger partial charge in [0, 0.05) is 35.8 Å². The van der Waals surface area contributed by atoms with Crippen molar-refractivity contribution in [2.75, 3.05) is 23.4 Å². The lowest BCUT2D eigenvalue weighted by Gasteiger charge is -2.50. The number of nitrogens with zero attached hydrogens (tertiary/aromatic N) is 5. The Morgan fingerprint density at radius 2 is 2.27 bits per heavy atom. The van der Waals surface area contributed by atoms with Crippen molar-refractivity contribution >= 4 is 64.0 Å². The number of hydrogen-bond acceptors (Lipinski definition) is 12. The molecule has 2 aromatic rings. The fraction of sp³-hybridized carbons (Fsp3) is 0.333. The Morgan fingerprint density at radius 3 is 2.92 bits per heavy atom. The number of carbonyl (C=O) groups excluding carboxylic acids is 4. The van der Waals surface area contributed by atoms with Gasteiger partial charge in [0.05, 0.1) is 11.7 Å². The molecule has 2 aliphatic heterocycles. The molecule has 4 N–H and O–H groups in total. The van der Waals surface area contributed by atoms with Gasteiger partial charge in [-0.15, -0.1) is 11.8 Å². The lowest BCUT2D eigenvalue weighted by atomic mass is 9.99. The molecule has 1 saturated heterocycles. The lowest BCUT2D eigenvalue weighted by Crippen LogP contribution is -2.71. The highest BCUT2D eigenvalue weighted by atomic mass is 32.2. The van der Waals surface area contributed by atoms with E-state index in [0.29, 0.717) is 17.7 Å². The molecule has 16 heteroatoms. The first kappa shape index (κ1) is 26.0. The highest BCUT2D eigenvalue weighted by Crippen LogP contribution is 2.42. The molecular weight excluding hydrogens is 524 g/mol. The van der Waals surface area contributed by atoms with Gasteiger partial charge in [-0.3, -0.25) is 19.3 Å². The average molecular weight is 547 g/mol. The van der Waals surface area contributed by atoms with Crippen molar-refractivity contribution < 1.29 is 33.7 Å². The summed E-state index contributed by atoms with van der Waals surface area (Å²) < 4.78 is 5.69. The second-order valence-corrected chi connectivity index (χ2v) is 9.70. The van der Waals surface area contributed by atoms with E-state index in [-0.39, 0.29) is 34.7 Å². The van der Waals surface area contributed by atoms with E-state index in [1.807, 2.05) is 0 Å². The minimum atomic E-state index is -1.51. The van der Waals surface area contributed by atoms with Crippen molar-refractivity contribution in [1.29, 1.82) is 0 Å². The molecule has 2 unspecified atom stereocenters. The number of nitrogens with one attached hydrogen (secondary N) is 2. The van der Waals surface area contributed by atoms with Crippen LogP contribution in [0, 0.1) is 0 Å². The van der Waals surface area contributed by atoms with Crippen molar-refractivity contribution in [1.82, 2.24) is 19.6 Å². The molecule has 2 aliphatic rings. The van der Waals surface area contributed by atoms with Gasteiger partial charge in [-0.05, 0) is 13.0 Å². The van der Waals surface area contributed by atoms with Crippen LogP contribution in [0.3, 0.4) is 0 Å². The smallest absolute Gasteiger partial charge is 0.278 e. The zero-order chi connectivity index (χ0) is 26.7. The van der Waals surface area contributed by atoms with Crippen LogP contribution in [-0.2, 0) is 24.0 Å². The summed E-state index contributed by atoms with van der Waals surface area (Å²) >= 11 is 2.17. The number of rotatable bonds is 10. The van der Waals surface area contributed by atoms with Crippen LogP contribution in [0.2, 0.25) is 0 Å². The number of oxime groups is 1. The normalized spacial score (nSPS) is 20.0. The predicted molar refractivity (Wildman–Crippen MR) is 131 cm³/mol. The minimum Gasteiger partial charge on any atom is -0.543 e. The molecule has 4 heterocycles. The summed E-state index contributed by atoms with van der Waals surface area (Å²) in [6.07, 6.45) is 3.90. The molecule has 2 aromatic heterocycles. The van der Waals surface area contributed by atoms with Crippen LogP contribution in [0.15, 0.2) is 41.0 Å². The molecule has 14 nitrogen and oxygen atoms in total. The van der Waals surface area contributed by atoms with Crippen molar-refractivity contribution in [2.45, 2.75) is 31.3 Å². The Kier molecular flexibility index (Phi) is 7.68. The number of thioether (sulfide) groups is 1. The van der Waals surface area contributed by atoms with Crippen LogP contribution in [0.5, 0.6) is 0 Å². The topological polar surface area (TPSA) is 196 Å². The van der Waals surface area contributed by atoms with Gasteiger partial charge in [0.2, 0.25) is 17.9 Å². The molecule has 1 fully saturated rings. The number of carboxylic acids is 1. The Bertz CT molecular complexity index is 1310. The van der Waals surface area contributed by atoms with Gasteiger partial charge in [0.1, 0.15) is 23.7 Å². The van der Waals surface area contributed by atoms with Crippen molar-refractivity contribution in [3.63, 3.8) is 0 Å². The summed E-state index contributed by atoms with van der Waals surface area (Å²) in [6.45, 7) is 3.63. The maximum atomic E-state index is 13.1. The van der Waals surface area contributed by atoms with Crippen LogP contribution in [-0.4, -0.2) is 67.9 Å². The second-order valence-electron chi connectivity index (χ2n) is 7.81. The van der Waals surface area contributed by atoms with Crippen molar-refractivity contribution in [2.24, 2.45) is 5.16 Å². The Hall–Kier alpha value is -4.05. The number of carboxylic acid groups (broad SMARTS) is 1. The number of aliphatic carboxylic acids is 1. The van der Waals surface area contributed by atoms with E-state index < -0.39 is 35.2 Å². The Labute approximate surface area is 218 Å². The first-order valence-corrected chi connectivity index (χ1v) is 12.8. The first-order chi connectivity index (χ1) is 17.8. The average Bonchev–Trinajstić information content (AvgIpc) is 3.32. The van der Waals surface area contributed by atoms with Crippen LogP contribution in [0.4, 0.5) is 10.8 Å². The van der Waals surface area contributed by atoms with Crippen LogP contribution >= 0.6 is 23.3 Å². The zero-order valence-electron chi connectivity index (χ0n) is 19.6. The summed E-state index contributed by atoms with van der Waals surface area (Å²) in [7, 11) is 0. The highest BCUT2D eigenvalue weighted by Gasteiger charge is 2.54. The molecule has 0 aliphatic carbocycles. The Morgan fingerprint density at radius 1 is 1.49 bits per heavy atom. The van der Waals surface area contributed by atoms with E-state index in [1.54, 1.807) is 42.9 Å². The van der Waals surface area contributed by atoms with Crippen molar-refractivity contribution in [3.8, 4) is 0 Å². The lowest BCUT2D eigenvalue weighted by molar-refractivity contribution is -0.710. The quantitative estimate of drug-likeness (QED) is 0.102. The van der Waals surface area contributed by atoms with Crippen molar-refractivity contribution in [3.05, 3.63) is 41.6 Å². The van der Waals surface area contributed by atoms with E-state index in [0.717, 1.165) is 16.4 Å². The number of hydrogen-bond donors (Lipinski definition) is 3. The standard InChI is InChI=1S/C21H22N8O6S2/c1-3-35-26-13(16-25-21(22)37-27-16)17(31)24-14-18(32)29-15(20(33)34)12(8-36-19(14)29)10(2)28-6-4-5-11(7-28)23-9-30/h4-7,9-10,14,19H,3,8H2,1-2H3,(H4-,22,23,24,25,27,30,31,33,34)/t10?,14?,19-/m0/s1. The number of carbonyl (C=O) groups is 4. The number of aromatic nitrogens is 3. The number of β-lactam (4-membered cyclic amide) rings is 1. The molecule has 3 amide bonds. The second kappa shape index (κ2) is 10.9. The van der Waals surface area contributed by atoms with Gasteiger partial charge in [0.25, 0.3) is 11.8 Å². The van der Waals surface area contributed by atoms with Crippen LogP contribution < -0.4 is 26.0 Å². The number of pyridine rings is 1. The van der Waals surface area contributed by atoms with Gasteiger partial charge in [-0.25, -0.2) is 0 Å². The monoisotopic (exact) mass is 546 g/mol. The molecule has 3 atom stereocenters. The fourth-order valence-electron chi connectivity index (χ4n) is 3.87. The molecule has 37 heavy (non-hydrogen) atoms. The van der Waals surface area contributed by atoms with Gasteiger partial charge in [-0.2, -0.15) is 13.9 Å². The van der Waals surface area contributed by atoms with E-state index in [4.69, 9.17) is 10.6 Å². The number of amides is 3. The van der Waals surface area contributed by atoms with E-state index in [2.05, 4.69) is 25.1 Å². The third-order valence-corrected chi connectivity index (χ3v) is 7.48. The number of nitrogen functional groups attached to an aromatic ring is 1. The summed E-state index contributed by atoms with van der Waals surface area (Å²) in [4.78, 5) is 59.0. The van der Waals surface area contributed by atoms with Gasteiger partial charge < -0.3 is 31.1 Å². The van der Waals surface area contributed by atoms with Gasteiger partial charge in [0.15, 0.2) is 23.6 Å². The SMILES string of the molecule is CCON=C(C(=O)NC1C(=O)N2C(C(=O)[O-])=C(C(C)[n+]3cccc(NC=O)c3)CS[C@@H]12)c1nsc(N)n1. The number of nitrogens with two attached hydrogens (primary N) is 1. The number of anilines is 2. The third-order valence-electron chi connectivity index (χ3n) is 5.63. The summed E-state index contributed by atoms with van der Waals surface area (Å²) in [6, 6.07) is 1.90. The maximum Gasteiger partial charge on any atom is 0.278 e. The molecule has 0 spiro atoms. The molecule has 0 bridgehead atoms.